The van der Waals surface area contributed by atoms with E-state index in [0.29, 0.717) is 31.2 Å². The van der Waals surface area contributed by atoms with Crippen LogP contribution in [-0.2, 0) is 25.2 Å². The van der Waals surface area contributed by atoms with E-state index in [1.54, 1.807) is 13.0 Å². The van der Waals surface area contributed by atoms with E-state index in [-0.39, 0.29) is 12.3 Å². The topological polar surface area (TPSA) is 81.9 Å². The molecule has 1 aromatic heterocycles. The molecule has 2 fully saturated rings. The molecule has 20 heavy (non-hydrogen) atoms. The van der Waals surface area contributed by atoms with Gasteiger partial charge in [-0.15, -0.1) is 0 Å². The highest BCUT2D eigenvalue weighted by Crippen LogP contribution is 2.31. The first-order chi connectivity index (χ1) is 9.49. The van der Waals surface area contributed by atoms with Crippen LogP contribution in [0.4, 0.5) is 0 Å². The molecule has 2 aliphatic heterocycles. The lowest BCUT2D eigenvalue weighted by Gasteiger charge is -2.37. The molecule has 0 aromatic carbocycles. The van der Waals surface area contributed by atoms with Crippen molar-refractivity contribution in [2.24, 2.45) is 0 Å². The second-order valence-electron chi connectivity index (χ2n) is 5.23. The number of hydrogen-bond acceptors (Lipinski definition) is 6. The van der Waals surface area contributed by atoms with E-state index in [1.165, 1.54) is 4.31 Å². The van der Waals surface area contributed by atoms with Crippen molar-refractivity contribution in [3.05, 3.63) is 17.5 Å². The molecule has 0 amide bonds. The van der Waals surface area contributed by atoms with Crippen molar-refractivity contribution in [3.63, 3.8) is 0 Å². The predicted molar refractivity (Wildman–Crippen MR) is 69.3 cm³/mol. The zero-order chi connectivity index (χ0) is 14.2. The zero-order valence-electron chi connectivity index (χ0n) is 11.4. The third kappa shape index (κ3) is 2.73. The van der Waals surface area contributed by atoms with Gasteiger partial charge in [0.15, 0.2) is 5.79 Å². The summed E-state index contributed by atoms with van der Waals surface area (Å²) < 4.78 is 42.4. The molecule has 2 saturated heterocycles. The molecule has 0 N–H and O–H groups in total. The zero-order valence-corrected chi connectivity index (χ0v) is 12.2. The van der Waals surface area contributed by atoms with Crippen molar-refractivity contribution in [2.45, 2.75) is 31.3 Å². The Morgan fingerprint density at radius 2 is 2.15 bits per heavy atom. The van der Waals surface area contributed by atoms with Gasteiger partial charge in [0.2, 0.25) is 10.0 Å². The molecule has 112 valence electrons. The number of nitrogens with zero attached hydrogens (tertiary/aromatic N) is 2. The molecule has 1 aromatic rings. The van der Waals surface area contributed by atoms with E-state index in [4.69, 9.17) is 14.0 Å². The van der Waals surface area contributed by atoms with Crippen LogP contribution in [0.3, 0.4) is 0 Å². The van der Waals surface area contributed by atoms with Crippen molar-refractivity contribution in [2.75, 3.05) is 26.3 Å². The van der Waals surface area contributed by atoms with Crippen LogP contribution in [0.1, 0.15) is 24.3 Å². The minimum atomic E-state index is -3.44. The molecule has 0 bridgehead atoms. The van der Waals surface area contributed by atoms with Gasteiger partial charge in [-0.3, -0.25) is 0 Å². The van der Waals surface area contributed by atoms with Gasteiger partial charge in [-0.05, 0) is 13.3 Å². The highest BCUT2D eigenvalue weighted by Gasteiger charge is 2.44. The fraction of sp³-hybridized carbons (Fsp3) is 0.750. The first-order valence-corrected chi connectivity index (χ1v) is 8.28. The highest BCUT2D eigenvalue weighted by molar-refractivity contribution is 7.88. The molecule has 0 saturated carbocycles. The Hall–Kier alpha value is -0.960. The summed E-state index contributed by atoms with van der Waals surface area (Å²) in [5.41, 5.74) is 0.426. The van der Waals surface area contributed by atoms with Crippen molar-refractivity contribution >= 4 is 10.0 Å². The summed E-state index contributed by atoms with van der Waals surface area (Å²) in [6.45, 7) is 3.53. The minimum Gasteiger partial charge on any atom is -0.361 e. The standard InChI is InChI=1S/C12H18N2O5S/c1-10-7-11(13-19-10)8-20(15,16)14-4-2-3-12(9-14)17-5-6-18-12/h7H,2-6,8-9H2,1H3. The van der Waals surface area contributed by atoms with Crippen LogP contribution in [0.5, 0.6) is 0 Å². The molecule has 3 heterocycles. The van der Waals surface area contributed by atoms with Gasteiger partial charge in [0.05, 0.1) is 19.8 Å². The summed E-state index contributed by atoms with van der Waals surface area (Å²) in [6, 6.07) is 1.64. The minimum absolute atomic E-state index is 0.152. The molecule has 0 radical (unpaired) electrons. The number of ether oxygens (including phenoxy) is 2. The van der Waals surface area contributed by atoms with E-state index >= 15 is 0 Å². The maximum absolute atomic E-state index is 12.4. The average molecular weight is 302 g/mol. The fourth-order valence-corrected chi connectivity index (χ4v) is 4.18. The smallest absolute Gasteiger partial charge is 0.220 e. The monoisotopic (exact) mass is 302 g/mol. The molecule has 0 aliphatic carbocycles. The predicted octanol–water partition coefficient (Wildman–Crippen LogP) is 0.652. The van der Waals surface area contributed by atoms with Crippen LogP contribution in [-0.4, -0.2) is 50.0 Å². The maximum Gasteiger partial charge on any atom is 0.220 e. The molecule has 3 rings (SSSR count). The summed E-state index contributed by atoms with van der Waals surface area (Å²) in [6.07, 6.45) is 1.47. The van der Waals surface area contributed by atoms with Crippen molar-refractivity contribution in [1.82, 2.24) is 9.46 Å². The van der Waals surface area contributed by atoms with Crippen LogP contribution < -0.4 is 0 Å². The summed E-state index contributed by atoms with van der Waals surface area (Å²) in [5, 5.41) is 3.74. The number of piperidine rings is 1. The third-order valence-corrected chi connectivity index (χ3v) is 5.36. The number of rotatable bonds is 3. The second kappa shape index (κ2) is 5.10. The van der Waals surface area contributed by atoms with Crippen molar-refractivity contribution < 1.29 is 22.4 Å². The van der Waals surface area contributed by atoms with Gasteiger partial charge in [0.25, 0.3) is 0 Å². The van der Waals surface area contributed by atoms with Crippen molar-refractivity contribution in [3.8, 4) is 0 Å². The van der Waals surface area contributed by atoms with Crippen LogP contribution in [0.25, 0.3) is 0 Å². The van der Waals surface area contributed by atoms with Crippen LogP contribution >= 0.6 is 0 Å². The van der Waals surface area contributed by atoms with Crippen LogP contribution in [0.15, 0.2) is 10.6 Å². The third-order valence-electron chi connectivity index (χ3n) is 3.60. The highest BCUT2D eigenvalue weighted by atomic mass is 32.2. The average Bonchev–Trinajstić information content (AvgIpc) is 2.99. The maximum atomic E-state index is 12.4. The second-order valence-corrected chi connectivity index (χ2v) is 7.20. The van der Waals surface area contributed by atoms with E-state index in [1.807, 2.05) is 0 Å². The molecular weight excluding hydrogens is 284 g/mol. The van der Waals surface area contributed by atoms with E-state index in [2.05, 4.69) is 5.16 Å². The summed E-state index contributed by atoms with van der Waals surface area (Å²) in [5.74, 6) is -0.293. The van der Waals surface area contributed by atoms with Gasteiger partial charge in [-0.1, -0.05) is 5.16 Å². The van der Waals surface area contributed by atoms with Gasteiger partial charge >= 0.3 is 0 Å². The summed E-state index contributed by atoms with van der Waals surface area (Å²) in [7, 11) is -3.44. The Balaban J connectivity index is 1.73. The van der Waals surface area contributed by atoms with E-state index < -0.39 is 15.8 Å². The Bertz CT molecular complexity index is 576. The fourth-order valence-electron chi connectivity index (χ4n) is 2.69. The number of hydrogen-bond donors (Lipinski definition) is 0. The first-order valence-electron chi connectivity index (χ1n) is 6.67. The Morgan fingerprint density at radius 1 is 1.40 bits per heavy atom. The Kier molecular flexibility index (Phi) is 3.57. The molecule has 0 unspecified atom stereocenters. The van der Waals surface area contributed by atoms with Gasteiger partial charge in [0, 0.05) is 19.0 Å². The summed E-state index contributed by atoms with van der Waals surface area (Å²) in [4.78, 5) is 0. The van der Waals surface area contributed by atoms with Gasteiger partial charge in [0.1, 0.15) is 17.2 Å². The van der Waals surface area contributed by atoms with Crippen LogP contribution in [0.2, 0.25) is 0 Å². The van der Waals surface area contributed by atoms with E-state index in [9.17, 15) is 8.42 Å². The van der Waals surface area contributed by atoms with Gasteiger partial charge in [-0.2, -0.15) is 4.31 Å². The largest absolute Gasteiger partial charge is 0.361 e. The molecule has 8 heteroatoms. The Morgan fingerprint density at radius 3 is 2.80 bits per heavy atom. The lowest BCUT2D eigenvalue weighted by molar-refractivity contribution is -0.179. The Labute approximate surface area is 117 Å². The molecular formula is C12H18N2O5S. The quantitative estimate of drug-likeness (QED) is 0.815. The number of sulfonamides is 1. The van der Waals surface area contributed by atoms with Gasteiger partial charge < -0.3 is 14.0 Å². The first kappa shape index (κ1) is 14.0. The van der Waals surface area contributed by atoms with E-state index in [0.717, 1.165) is 12.8 Å². The lowest BCUT2D eigenvalue weighted by atomic mass is 10.1. The number of aromatic nitrogens is 1. The van der Waals surface area contributed by atoms with Gasteiger partial charge in [-0.25, -0.2) is 8.42 Å². The molecule has 7 nitrogen and oxygen atoms in total. The summed E-state index contributed by atoms with van der Waals surface area (Å²) >= 11 is 0. The number of aryl methyl sites for hydroxylation is 1. The molecule has 2 aliphatic rings. The molecule has 0 atom stereocenters. The normalized spacial score (nSPS) is 23.4. The SMILES string of the molecule is Cc1cc(CS(=O)(=O)N2CCCC3(C2)OCCO3)no1. The molecule has 1 spiro atoms. The van der Waals surface area contributed by atoms with Crippen LogP contribution in [0, 0.1) is 6.92 Å². The van der Waals surface area contributed by atoms with Crippen molar-refractivity contribution in [1.29, 1.82) is 0 Å². The lowest BCUT2D eigenvalue weighted by Crippen LogP contribution is -2.51.